The van der Waals surface area contributed by atoms with E-state index in [1.54, 1.807) is 6.08 Å². The van der Waals surface area contributed by atoms with E-state index in [2.05, 4.69) is 42.0 Å². The number of phosphoric ester groups is 2. The van der Waals surface area contributed by atoms with E-state index in [9.17, 15) is 33.8 Å². The van der Waals surface area contributed by atoms with Gasteiger partial charge in [-0.3, -0.25) is 23.2 Å². The summed E-state index contributed by atoms with van der Waals surface area (Å²) in [6.45, 7) is 3.82. The van der Waals surface area contributed by atoms with Gasteiger partial charge in [0.25, 0.3) is 0 Å². The SMILES string of the molecule is CC/C=C/C/C=C/C=C/C(O)CCCCCCCC(=O)OC[C@H](COP(=O)(O)OC[C@@H](O)COP(=O)(O)O)OC(=O)CCCCCCCCCCCCCC(C)C. The summed E-state index contributed by atoms with van der Waals surface area (Å²) in [7, 11) is -9.70. The first-order chi connectivity index (χ1) is 27.1. The van der Waals surface area contributed by atoms with Crippen LogP contribution >= 0.6 is 15.6 Å². The molecular weight excluding hydrogens is 778 g/mol. The second-order valence-electron chi connectivity index (χ2n) is 14.9. The van der Waals surface area contributed by atoms with Crippen LogP contribution in [0.15, 0.2) is 36.5 Å². The largest absolute Gasteiger partial charge is 0.472 e. The Balaban J connectivity index is 4.61. The van der Waals surface area contributed by atoms with Crippen LogP contribution in [0, 0.1) is 5.92 Å². The van der Waals surface area contributed by atoms with Gasteiger partial charge >= 0.3 is 27.6 Å². The van der Waals surface area contributed by atoms with Gasteiger partial charge in [-0.25, -0.2) is 9.13 Å². The van der Waals surface area contributed by atoms with Gasteiger partial charge in [-0.15, -0.1) is 0 Å². The Bertz CT molecular complexity index is 1190. The molecule has 0 aromatic carbocycles. The van der Waals surface area contributed by atoms with Gasteiger partial charge in [-0.2, -0.15) is 0 Å². The Kier molecular flexibility index (Phi) is 35.1. The lowest BCUT2D eigenvalue weighted by molar-refractivity contribution is -0.161. The van der Waals surface area contributed by atoms with Gasteiger partial charge in [-0.05, 0) is 38.0 Å². The molecule has 0 saturated heterocycles. The normalized spacial score (nSPS) is 15.1. The first-order valence-electron chi connectivity index (χ1n) is 21.1. The molecule has 14 nitrogen and oxygen atoms in total. The maximum atomic E-state index is 12.6. The van der Waals surface area contributed by atoms with Crippen LogP contribution in [0.5, 0.6) is 0 Å². The van der Waals surface area contributed by atoms with Crippen LogP contribution in [-0.2, 0) is 41.8 Å². The van der Waals surface area contributed by atoms with Crippen LogP contribution in [0.2, 0.25) is 0 Å². The molecule has 5 N–H and O–H groups in total. The number of allylic oxidation sites excluding steroid dienone is 5. The van der Waals surface area contributed by atoms with E-state index in [1.807, 2.05) is 18.2 Å². The zero-order valence-corrected chi connectivity index (χ0v) is 36.8. The molecule has 2 unspecified atom stereocenters. The molecule has 0 aromatic rings. The number of aliphatic hydroxyl groups is 2. The fourth-order valence-corrected chi connectivity index (χ4v) is 6.75. The van der Waals surface area contributed by atoms with E-state index >= 15 is 0 Å². The summed E-state index contributed by atoms with van der Waals surface area (Å²) < 4.78 is 47.7. The predicted octanol–water partition coefficient (Wildman–Crippen LogP) is 9.33. The first kappa shape index (κ1) is 55.3. The fraction of sp³-hybridized carbons (Fsp3) is 0.805. The molecule has 57 heavy (non-hydrogen) atoms. The number of unbranched alkanes of at least 4 members (excludes halogenated alkanes) is 14. The highest BCUT2D eigenvalue weighted by Gasteiger charge is 2.28. The Hall–Kier alpha value is -1.70. The maximum Gasteiger partial charge on any atom is 0.472 e. The fourth-order valence-electron chi connectivity index (χ4n) is 5.60. The van der Waals surface area contributed by atoms with Crippen molar-refractivity contribution in [3.63, 3.8) is 0 Å². The maximum absolute atomic E-state index is 12.6. The van der Waals surface area contributed by atoms with Gasteiger partial charge in [-0.1, -0.05) is 154 Å². The van der Waals surface area contributed by atoms with Crippen LogP contribution < -0.4 is 0 Å². The number of hydrogen-bond donors (Lipinski definition) is 5. The molecule has 0 aliphatic carbocycles. The number of carbonyl (C=O) groups excluding carboxylic acids is 2. The first-order valence-corrected chi connectivity index (χ1v) is 24.2. The van der Waals surface area contributed by atoms with E-state index in [4.69, 9.17) is 23.8 Å². The second-order valence-corrected chi connectivity index (χ2v) is 17.6. The summed E-state index contributed by atoms with van der Waals surface area (Å²) in [5, 5.41) is 19.9. The van der Waals surface area contributed by atoms with E-state index < -0.39 is 72.3 Å². The third-order valence-corrected chi connectivity index (χ3v) is 10.3. The van der Waals surface area contributed by atoms with Crippen LogP contribution in [-0.4, -0.2) is 81.6 Å². The molecule has 334 valence electrons. The minimum Gasteiger partial charge on any atom is -0.462 e. The second kappa shape index (κ2) is 36.2. The number of rotatable bonds is 39. The average molecular weight is 855 g/mol. The van der Waals surface area contributed by atoms with Gasteiger partial charge < -0.3 is 34.4 Å². The van der Waals surface area contributed by atoms with E-state index in [0.717, 1.165) is 70.1 Å². The van der Waals surface area contributed by atoms with Crippen molar-refractivity contribution < 1.29 is 66.7 Å². The highest BCUT2D eigenvalue weighted by Crippen LogP contribution is 2.43. The smallest absolute Gasteiger partial charge is 0.462 e. The van der Waals surface area contributed by atoms with Crippen LogP contribution in [0.3, 0.4) is 0 Å². The molecule has 0 rings (SSSR count). The number of ether oxygens (including phenoxy) is 2. The molecule has 0 aromatic heterocycles. The minimum absolute atomic E-state index is 0.112. The van der Waals surface area contributed by atoms with Crippen LogP contribution in [0.1, 0.15) is 162 Å². The molecule has 0 bridgehead atoms. The van der Waals surface area contributed by atoms with Crippen molar-refractivity contribution in [2.24, 2.45) is 5.92 Å². The summed E-state index contributed by atoms with van der Waals surface area (Å²) in [6.07, 6.45) is 28.8. The van der Waals surface area contributed by atoms with Gasteiger partial charge in [0, 0.05) is 12.8 Å². The van der Waals surface area contributed by atoms with Crippen molar-refractivity contribution >= 4 is 27.6 Å². The lowest BCUT2D eigenvalue weighted by Crippen LogP contribution is -2.30. The van der Waals surface area contributed by atoms with Crippen molar-refractivity contribution in [2.45, 2.75) is 180 Å². The van der Waals surface area contributed by atoms with Gasteiger partial charge in [0.15, 0.2) is 6.10 Å². The molecular formula is C41H76O14P2. The molecule has 0 radical (unpaired) electrons. The molecule has 0 spiro atoms. The number of phosphoric acid groups is 2. The topological polar surface area (TPSA) is 216 Å². The van der Waals surface area contributed by atoms with Crippen molar-refractivity contribution in [2.75, 3.05) is 26.4 Å². The lowest BCUT2D eigenvalue weighted by Gasteiger charge is -2.20. The van der Waals surface area contributed by atoms with Crippen molar-refractivity contribution in [1.82, 2.24) is 0 Å². The highest BCUT2D eigenvalue weighted by molar-refractivity contribution is 7.47. The Morgan fingerprint density at radius 1 is 0.596 bits per heavy atom. The monoisotopic (exact) mass is 854 g/mol. The van der Waals surface area contributed by atoms with E-state index in [1.165, 1.54) is 44.9 Å². The van der Waals surface area contributed by atoms with E-state index in [-0.39, 0.29) is 12.8 Å². The van der Waals surface area contributed by atoms with Gasteiger partial charge in [0.1, 0.15) is 12.7 Å². The lowest BCUT2D eigenvalue weighted by atomic mass is 10.0. The van der Waals surface area contributed by atoms with Crippen molar-refractivity contribution in [1.29, 1.82) is 0 Å². The summed E-state index contributed by atoms with van der Waals surface area (Å²) in [6, 6.07) is 0. The molecule has 0 fully saturated rings. The number of hydrogen-bond acceptors (Lipinski definition) is 11. The average Bonchev–Trinajstić information content (AvgIpc) is 3.14. The Morgan fingerprint density at radius 3 is 1.67 bits per heavy atom. The highest BCUT2D eigenvalue weighted by atomic mass is 31.2. The summed E-state index contributed by atoms with van der Waals surface area (Å²) in [4.78, 5) is 52.6. The number of aliphatic hydroxyl groups excluding tert-OH is 2. The predicted molar refractivity (Wildman–Crippen MR) is 222 cm³/mol. The zero-order valence-electron chi connectivity index (χ0n) is 35.0. The third kappa shape index (κ3) is 40.8. The summed E-state index contributed by atoms with van der Waals surface area (Å²) in [5.41, 5.74) is 0. The Labute approximate surface area is 342 Å². The van der Waals surface area contributed by atoms with Crippen molar-refractivity contribution in [3.8, 4) is 0 Å². The molecule has 4 atom stereocenters. The Morgan fingerprint density at radius 2 is 1.11 bits per heavy atom. The van der Waals surface area contributed by atoms with Crippen LogP contribution in [0.25, 0.3) is 0 Å². The molecule has 16 heteroatoms. The zero-order chi connectivity index (χ0) is 42.6. The van der Waals surface area contributed by atoms with Crippen molar-refractivity contribution in [3.05, 3.63) is 36.5 Å². The van der Waals surface area contributed by atoms with Gasteiger partial charge in [0.05, 0.1) is 25.9 Å². The summed E-state index contributed by atoms with van der Waals surface area (Å²) >= 11 is 0. The van der Waals surface area contributed by atoms with Gasteiger partial charge in [0.2, 0.25) is 0 Å². The minimum atomic E-state index is -4.87. The standard InChI is InChI=1S/C41H76O14P2/c1-4-5-6-7-13-18-23-28-37(42)29-24-19-16-21-25-30-40(44)51-34-39(35-54-57(49,50)53-33-38(43)32-52-56(46,47)48)55-41(45)31-26-20-15-12-10-8-9-11-14-17-22-27-36(2)3/h5-6,13,18,23,28,36-39,42-43H,4,7-12,14-17,19-22,24-27,29-35H2,1-3H3,(H,49,50)(H2,46,47,48)/b6-5+,18-13+,28-23+/t37?,38-,39+/m0/s1. The number of carbonyl (C=O) groups is 2. The molecule has 0 aliphatic heterocycles. The molecule has 0 amide bonds. The summed E-state index contributed by atoms with van der Waals surface area (Å²) in [5.74, 6) is -0.332. The number of esters is 2. The molecule has 0 saturated carbocycles. The van der Waals surface area contributed by atoms with E-state index in [0.29, 0.717) is 19.3 Å². The quantitative estimate of drug-likeness (QED) is 0.0128. The third-order valence-electron chi connectivity index (χ3n) is 8.82. The molecule has 0 aliphatic rings. The van der Waals surface area contributed by atoms with Crippen LogP contribution in [0.4, 0.5) is 0 Å². The molecule has 0 heterocycles.